The Morgan fingerprint density at radius 2 is 1.85 bits per heavy atom. The molecule has 0 aliphatic carbocycles. The zero-order chi connectivity index (χ0) is 24.1. The fourth-order valence-electron chi connectivity index (χ4n) is 3.11. The van der Waals surface area contributed by atoms with Crippen LogP contribution in [0.4, 0.5) is 11.4 Å². The summed E-state index contributed by atoms with van der Waals surface area (Å²) in [6.07, 6.45) is 0. The molecule has 0 radical (unpaired) electrons. The van der Waals surface area contributed by atoms with Crippen molar-refractivity contribution in [3.05, 3.63) is 70.7 Å². The molecule has 0 aliphatic heterocycles. The lowest BCUT2D eigenvalue weighted by Gasteiger charge is -2.11. The molecule has 0 saturated carbocycles. The first kappa shape index (κ1) is 24.1. The minimum atomic E-state index is -0.199. The van der Waals surface area contributed by atoms with E-state index < -0.39 is 0 Å². The second-order valence-electron chi connectivity index (χ2n) is 7.00. The van der Waals surface area contributed by atoms with Crippen LogP contribution in [0, 0.1) is 0 Å². The lowest BCUT2D eigenvalue weighted by atomic mass is 10.2. The number of nitrogens with zero attached hydrogens (tertiary/aromatic N) is 1. The van der Waals surface area contributed by atoms with Crippen LogP contribution in [0.5, 0.6) is 11.5 Å². The van der Waals surface area contributed by atoms with Crippen LogP contribution in [0.1, 0.15) is 10.4 Å². The van der Waals surface area contributed by atoms with Crippen molar-refractivity contribution in [2.45, 2.75) is 4.34 Å². The maximum atomic E-state index is 12.6. The fourth-order valence-corrected chi connectivity index (χ4v) is 5.48. The number of benzene rings is 3. The van der Waals surface area contributed by atoms with Gasteiger partial charge < -0.3 is 20.1 Å². The van der Waals surface area contributed by atoms with E-state index in [1.165, 1.54) is 23.1 Å². The number of rotatable bonds is 8. The average Bonchev–Trinajstić information content (AvgIpc) is 3.25. The van der Waals surface area contributed by atoms with E-state index in [1.54, 1.807) is 38.5 Å². The highest BCUT2D eigenvalue weighted by molar-refractivity contribution is 9.10. The van der Waals surface area contributed by atoms with Crippen molar-refractivity contribution < 1.29 is 19.1 Å². The Morgan fingerprint density at radius 1 is 1.03 bits per heavy atom. The smallest absolute Gasteiger partial charge is 0.256 e. The van der Waals surface area contributed by atoms with Crippen LogP contribution < -0.4 is 20.1 Å². The molecular formula is C24H20BrN3O4S2. The molecule has 4 rings (SSSR count). The molecule has 34 heavy (non-hydrogen) atoms. The van der Waals surface area contributed by atoms with Gasteiger partial charge in [0, 0.05) is 16.2 Å². The first-order valence-corrected chi connectivity index (χ1v) is 12.7. The molecule has 2 N–H and O–H groups in total. The van der Waals surface area contributed by atoms with E-state index in [0.29, 0.717) is 28.4 Å². The number of anilines is 2. The number of fused-ring (bicyclic) bond motifs is 1. The molecule has 0 saturated heterocycles. The molecule has 0 atom stereocenters. The van der Waals surface area contributed by atoms with Crippen molar-refractivity contribution in [1.29, 1.82) is 0 Å². The Balaban J connectivity index is 1.40. The van der Waals surface area contributed by atoms with E-state index in [1.807, 2.05) is 36.4 Å². The third-order valence-electron chi connectivity index (χ3n) is 4.75. The summed E-state index contributed by atoms with van der Waals surface area (Å²) in [4.78, 5) is 29.7. The molecule has 0 bridgehead atoms. The number of thioether (sulfide) groups is 1. The lowest BCUT2D eigenvalue weighted by Crippen LogP contribution is -2.14. The zero-order valence-corrected chi connectivity index (χ0v) is 21.5. The summed E-state index contributed by atoms with van der Waals surface area (Å²) in [7, 11) is 3.11. The standard InChI is InChI=1S/C24H20BrN3O4S2/c1-31-15-8-10-20(32-2)19(12-15)27-22(29)13-33-24-28-18-9-7-14(11-21(18)34-24)26-23(30)16-5-3-4-6-17(16)25/h3-12H,13H2,1-2H3,(H,26,30)(H,27,29). The fraction of sp³-hybridized carbons (Fsp3) is 0.125. The van der Waals surface area contributed by atoms with Crippen LogP contribution >= 0.6 is 39.0 Å². The van der Waals surface area contributed by atoms with E-state index in [-0.39, 0.29) is 17.6 Å². The molecule has 1 aromatic heterocycles. The highest BCUT2D eigenvalue weighted by Crippen LogP contribution is 2.33. The molecule has 10 heteroatoms. The Hall–Kier alpha value is -3.08. The number of halogens is 1. The molecule has 174 valence electrons. The third-order valence-corrected chi connectivity index (χ3v) is 7.61. The number of thiazole rings is 1. The molecule has 7 nitrogen and oxygen atoms in total. The normalized spacial score (nSPS) is 10.7. The largest absolute Gasteiger partial charge is 0.497 e. The molecule has 0 spiro atoms. The van der Waals surface area contributed by atoms with Crippen molar-refractivity contribution in [3.63, 3.8) is 0 Å². The SMILES string of the molecule is COc1ccc(OC)c(NC(=O)CSc2nc3ccc(NC(=O)c4ccccc4Br)cc3s2)c1. The second-order valence-corrected chi connectivity index (χ2v) is 10.1. The number of methoxy groups -OCH3 is 2. The summed E-state index contributed by atoms with van der Waals surface area (Å²) >= 11 is 6.21. The molecule has 1 heterocycles. The van der Waals surface area contributed by atoms with Crippen molar-refractivity contribution in [2.24, 2.45) is 0 Å². The average molecular weight is 558 g/mol. The summed E-state index contributed by atoms with van der Waals surface area (Å²) in [6, 6.07) is 18.0. The summed E-state index contributed by atoms with van der Waals surface area (Å²) in [5, 5.41) is 5.77. The van der Waals surface area contributed by atoms with E-state index in [4.69, 9.17) is 9.47 Å². The number of hydrogen-bond acceptors (Lipinski definition) is 7. The van der Waals surface area contributed by atoms with Crippen LogP contribution in [-0.4, -0.2) is 36.8 Å². The first-order chi connectivity index (χ1) is 16.5. The number of hydrogen-bond donors (Lipinski definition) is 2. The number of aromatic nitrogens is 1. The Bertz CT molecular complexity index is 1360. The van der Waals surface area contributed by atoms with Gasteiger partial charge in [-0.05, 0) is 58.4 Å². The minimum Gasteiger partial charge on any atom is -0.497 e. The van der Waals surface area contributed by atoms with E-state index in [9.17, 15) is 9.59 Å². The van der Waals surface area contributed by atoms with Gasteiger partial charge in [0.25, 0.3) is 5.91 Å². The third kappa shape index (κ3) is 5.69. The van der Waals surface area contributed by atoms with E-state index >= 15 is 0 Å². The molecule has 3 aromatic carbocycles. The van der Waals surface area contributed by atoms with Crippen LogP contribution in [0.15, 0.2) is 69.5 Å². The van der Waals surface area contributed by atoms with Gasteiger partial charge in [-0.15, -0.1) is 11.3 Å². The number of carbonyl (C=O) groups excluding carboxylic acids is 2. The number of ether oxygens (including phenoxy) is 2. The highest BCUT2D eigenvalue weighted by atomic mass is 79.9. The van der Waals surface area contributed by atoms with Gasteiger partial charge in [-0.25, -0.2) is 4.98 Å². The minimum absolute atomic E-state index is 0.183. The number of nitrogens with one attached hydrogen (secondary N) is 2. The van der Waals surface area contributed by atoms with Crippen LogP contribution in [0.3, 0.4) is 0 Å². The highest BCUT2D eigenvalue weighted by Gasteiger charge is 2.13. The van der Waals surface area contributed by atoms with Crippen molar-refractivity contribution in [3.8, 4) is 11.5 Å². The predicted octanol–water partition coefficient (Wildman–Crippen LogP) is 6.06. The number of amides is 2. The quantitative estimate of drug-likeness (QED) is 0.256. The predicted molar refractivity (Wildman–Crippen MR) is 141 cm³/mol. The lowest BCUT2D eigenvalue weighted by molar-refractivity contribution is -0.113. The van der Waals surface area contributed by atoms with Gasteiger partial charge in [0.1, 0.15) is 11.5 Å². The van der Waals surface area contributed by atoms with Crippen LogP contribution in [0.25, 0.3) is 10.2 Å². The van der Waals surface area contributed by atoms with Crippen molar-refractivity contribution in [2.75, 3.05) is 30.6 Å². The van der Waals surface area contributed by atoms with Gasteiger partial charge in [-0.2, -0.15) is 0 Å². The molecule has 0 fully saturated rings. The first-order valence-electron chi connectivity index (χ1n) is 10.1. The molecular weight excluding hydrogens is 538 g/mol. The summed E-state index contributed by atoms with van der Waals surface area (Å²) in [5.74, 6) is 0.979. The van der Waals surface area contributed by atoms with Crippen molar-refractivity contribution >= 4 is 72.4 Å². The topological polar surface area (TPSA) is 89.6 Å². The molecule has 0 unspecified atom stereocenters. The van der Waals surface area contributed by atoms with Crippen molar-refractivity contribution in [1.82, 2.24) is 4.98 Å². The van der Waals surface area contributed by atoms with Gasteiger partial charge in [0.15, 0.2) is 4.34 Å². The monoisotopic (exact) mass is 557 g/mol. The Morgan fingerprint density at radius 3 is 2.62 bits per heavy atom. The van der Waals surface area contributed by atoms with Crippen LogP contribution in [0.2, 0.25) is 0 Å². The van der Waals surface area contributed by atoms with E-state index in [2.05, 4.69) is 31.5 Å². The second kappa shape index (κ2) is 10.9. The van der Waals surface area contributed by atoms with Gasteiger partial charge in [-0.3, -0.25) is 9.59 Å². The summed E-state index contributed by atoms with van der Waals surface area (Å²) in [5.41, 5.74) is 2.58. The van der Waals surface area contributed by atoms with Crippen LogP contribution in [-0.2, 0) is 4.79 Å². The van der Waals surface area contributed by atoms with Gasteiger partial charge in [0.2, 0.25) is 5.91 Å². The zero-order valence-electron chi connectivity index (χ0n) is 18.3. The van der Waals surface area contributed by atoms with Gasteiger partial charge in [0.05, 0.1) is 41.4 Å². The summed E-state index contributed by atoms with van der Waals surface area (Å²) < 4.78 is 12.9. The molecule has 2 amide bonds. The Kier molecular flexibility index (Phi) is 7.71. The maximum Gasteiger partial charge on any atom is 0.256 e. The van der Waals surface area contributed by atoms with Gasteiger partial charge in [-0.1, -0.05) is 23.9 Å². The van der Waals surface area contributed by atoms with E-state index in [0.717, 1.165) is 19.0 Å². The van der Waals surface area contributed by atoms with Gasteiger partial charge >= 0.3 is 0 Å². The number of carbonyl (C=O) groups is 2. The molecule has 4 aromatic rings. The Labute approximate surface area is 213 Å². The maximum absolute atomic E-state index is 12.6. The molecule has 0 aliphatic rings. The summed E-state index contributed by atoms with van der Waals surface area (Å²) in [6.45, 7) is 0.